The molecule has 23 heavy (non-hydrogen) atoms. The third-order valence-corrected chi connectivity index (χ3v) is 4.47. The first-order valence-corrected chi connectivity index (χ1v) is 8.12. The molecule has 0 aliphatic carbocycles. The molecule has 1 aromatic carbocycles. The van der Waals surface area contributed by atoms with Gasteiger partial charge in [0.1, 0.15) is 6.10 Å². The molecule has 1 aromatic rings. The van der Waals surface area contributed by atoms with Crippen LogP contribution in [0.1, 0.15) is 18.4 Å². The number of methoxy groups -OCH3 is 1. The molecule has 1 atom stereocenters. The summed E-state index contributed by atoms with van der Waals surface area (Å²) < 4.78 is 24.4. The molecule has 2 heterocycles. The van der Waals surface area contributed by atoms with E-state index in [1.807, 2.05) is 11.0 Å². The molecule has 6 heteroatoms. The van der Waals surface area contributed by atoms with Crippen LogP contribution in [0.4, 0.5) is 4.39 Å². The van der Waals surface area contributed by atoms with Crippen molar-refractivity contribution in [3.8, 4) is 5.75 Å². The molecule has 3 rings (SSSR count). The molecule has 2 fully saturated rings. The summed E-state index contributed by atoms with van der Waals surface area (Å²) in [6.07, 6.45) is 1.76. The van der Waals surface area contributed by atoms with E-state index in [4.69, 9.17) is 9.47 Å². The number of hydrogen-bond donors (Lipinski definition) is 0. The lowest BCUT2D eigenvalue weighted by Crippen LogP contribution is -2.50. The Morgan fingerprint density at radius 1 is 1.35 bits per heavy atom. The maximum Gasteiger partial charge on any atom is 0.253 e. The van der Waals surface area contributed by atoms with Crippen LogP contribution in [-0.4, -0.2) is 61.7 Å². The van der Waals surface area contributed by atoms with Gasteiger partial charge in [-0.1, -0.05) is 6.07 Å². The zero-order valence-electron chi connectivity index (χ0n) is 13.5. The van der Waals surface area contributed by atoms with Crippen LogP contribution in [0.2, 0.25) is 0 Å². The molecule has 0 saturated carbocycles. The van der Waals surface area contributed by atoms with Gasteiger partial charge in [0.05, 0.1) is 13.7 Å². The largest absolute Gasteiger partial charge is 0.494 e. The van der Waals surface area contributed by atoms with E-state index >= 15 is 0 Å². The average molecular weight is 322 g/mol. The van der Waals surface area contributed by atoms with E-state index in [1.54, 1.807) is 6.07 Å². The second kappa shape index (κ2) is 7.27. The third-order valence-electron chi connectivity index (χ3n) is 4.47. The molecule has 2 saturated heterocycles. The maximum absolute atomic E-state index is 13.8. The van der Waals surface area contributed by atoms with Gasteiger partial charge in [0, 0.05) is 32.7 Å². The number of hydrogen-bond acceptors (Lipinski definition) is 4. The minimum absolute atomic E-state index is 0.0908. The lowest BCUT2D eigenvalue weighted by atomic mass is 10.1. The summed E-state index contributed by atoms with van der Waals surface area (Å²) >= 11 is 0. The van der Waals surface area contributed by atoms with Gasteiger partial charge < -0.3 is 14.4 Å². The predicted molar refractivity (Wildman–Crippen MR) is 83.8 cm³/mol. The third kappa shape index (κ3) is 3.82. The highest BCUT2D eigenvalue weighted by atomic mass is 19.1. The van der Waals surface area contributed by atoms with E-state index in [1.165, 1.54) is 13.2 Å². The quantitative estimate of drug-likeness (QED) is 0.845. The molecule has 0 bridgehead atoms. The number of carbonyl (C=O) groups is 1. The van der Waals surface area contributed by atoms with Gasteiger partial charge in [-0.2, -0.15) is 0 Å². The van der Waals surface area contributed by atoms with Gasteiger partial charge >= 0.3 is 0 Å². The second-order valence-corrected chi connectivity index (χ2v) is 6.10. The van der Waals surface area contributed by atoms with Gasteiger partial charge in [-0.15, -0.1) is 0 Å². The van der Waals surface area contributed by atoms with Gasteiger partial charge in [0.2, 0.25) is 0 Å². The van der Waals surface area contributed by atoms with E-state index in [0.29, 0.717) is 19.7 Å². The molecule has 2 aliphatic rings. The number of amides is 1. The van der Waals surface area contributed by atoms with Crippen LogP contribution >= 0.6 is 0 Å². The molecule has 0 N–H and O–H groups in total. The summed E-state index contributed by atoms with van der Waals surface area (Å²) in [5, 5.41) is 0. The summed E-state index contributed by atoms with van der Waals surface area (Å²) in [6.45, 7) is 4.11. The molecule has 0 spiro atoms. The van der Waals surface area contributed by atoms with E-state index in [2.05, 4.69) is 4.90 Å². The van der Waals surface area contributed by atoms with Crippen molar-refractivity contribution in [1.82, 2.24) is 9.80 Å². The lowest BCUT2D eigenvalue weighted by Gasteiger charge is -2.34. The zero-order valence-corrected chi connectivity index (χ0v) is 13.5. The molecular formula is C17H23FN2O3. The minimum Gasteiger partial charge on any atom is -0.494 e. The topological polar surface area (TPSA) is 42.0 Å². The normalized spacial score (nSPS) is 22.3. The number of morpholine rings is 1. The highest BCUT2D eigenvalue weighted by molar-refractivity contribution is 5.81. The van der Waals surface area contributed by atoms with Crippen LogP contribution in [0.5, 0.6) is 5.75 Å². The number of nitrogens with zero attached hydrogens (tertiary/aromatic N) is 2. The first-order chi connectivity index (χ1) is 11.2. The van der Waals surface area contributed by atoms with Crippen molar-refractivity contribution in [1.29, 1.82) is 0 Å². The number of halogens is 1. The first kappa shape index (κ1) is 16.2. The monoisotopic (exact) mass is 322 g/mol. The van der Waals surface area contributed by atoms with E-state index < -0.39 is 6.10 Å². The highest BCUT2D eigenvalue weighted by Gasteiger charge is 2.31. The lowest BCUT2D eigenvalue weighted by molar-refractivity contribution is -0.148. The van der Waals surface area contributed by atoms with Crippen LogP contribution in [-0.2, 0) is 16.1 Å². The fraction of sp³-hybridized carbons (Fsp3) is 0.588. The van der Waals surface area contributed by atoms with Crippen LogP contribution in [0.3, 0.4) is 0 Å². The van der Waals surface area contributed by atoms with E-state index in [0.717, 1.165) is 38.0 Å². The van der Waals surface area contributed by atoms with Gasteiger partial charge in [0.15, 0.2) is 11.6 Å². The summed E-state index contributed by atoms with van der Waals surface area (Å²) in [5.41, 5.74) is 0.873. The molecular weight excluding hydrogens is 299 g/mol. The Balaban J connectivity index is 1.60. The summed E-state index contributed by atoms with van der Waals surface area (Å²) in [6, 6.07) is 4.98. The second-order valence-electron chi connectivity index (χ2n) is 6.10. The van der Waals surface area contributed by atoms with Crippen LogP contribution in [0.25, 0.3) is 0 Å². The Hall–Kier alpha value is -1.66. The standard InChI is InChI=1S/C17H23FN2O3/c1-22-15-5-4-13(10-14(15)18)11-19-8-9-23-16(12-19)17(21)20-6-2-3-7-20/h4-5,10,16H,2-3,6-9,11-12H2,1H3. The number of likely N-dealkylation sites (tertiary alicyclic amines) is 1. The predicted octanol–water partition coefficient (Wildman–Crippen LogP) is 1.66. The Labute approximate surface area is 136 Å². The summed E-state index contributed by atoms with van der Waals surface area (Å²) in [5.74, 6) is -0.0196. The maximum atomic E-state index is 13.8. The zero-order chi connectivity index (χ0) is 16.2. The van der Waals surface area contributed by atoms with Crippen molar-refractivity contribution < 1.29 is 18.7 Å². The van der Waals surface area contributed by atoms with Gasteiger partial charge in [-0.05, 0) is 30.5 Å². The Bertz CT molecular complexity index is 561. The molecule has 0 radical (unpaired) electrons. The molecule has 126 valence electrons. The van der Waals surface area contributed by atoms with Crippen LogP contribution in [0.15, 0.2) is 18.2 Å². The fourth-order valence-corrected chi connectivity index (χ4v) is 3.20. The first-order valence-electron chi connectivity index (χ1n) is 8.12. The molecule has 5 nitrogen and oxygen atoms in total. The van der Waals surface area contributed by atoms with Gasteiger partial charge in [-0.3, -0.25) is 9.69 Å². The SMILES string of the molecule is COc1ccc(CN2CCOC(C(=O)N3CCCC3)C2)cc1F. The van der Waals surface area contributed by atoms with Crippen LogP contribution in [0, 0.1) is 5.82 Å². The van der Waals surface area contributed by atoms with Crippen molar-refractivity contribution in [3.05, 3.63) is 29.6 Å². The Kier molecular flexibility index (Phi) is 5.13. The van der Waals surface area contributed by atoms with E-state index in [9.17, 15) is 9.18 Å². The number of carbonyl (C=O) groups excluding carboxylic acids is 1. The van der Waals surface area contributed by atoms with Crippen molar-refractivity contribution >= 4 is 5.91 Å². The minimum atomic E-state index is -0.398. The molecule has 0 aromatic heterocycles. The Morgan fingerprint density at radius 2 is 2.13 bits per heavy atom. The average Bonchev–Trinajstić information content (AvgIpc) is 3.09. The highest BCUT2D eigenvalue weighted by Crippen LogP contribution is 2.20. The Morgan fingerprint density at radius 3 is 2.83 bits per heavy atom. The smallest absolute Gasteiger partial charge is 0.253 e. The van der Waals surface area contributed by atoms with Crippen molar-refractivity contribution in [2.45, 2.75) is 25.5 Å². The fourth-order valence-electron chi connectivity index (χ4n) is 3.20. The molecule has 2 aliphatic heterocycles. The van der Waals surface area contributed by atoms with Crippen molar-refractivity contribution in [3.63, 3.8) is 0 Å². The summed E-state index contributed by atoms with van der Waals surface area (Å²) in [4.78, 5) is 16.5. The molecule has 1 amide bonds. The van der Waals surface area contributed by atoms with Gasteiger partial charge in [-0.25, -0.2) is 4.39 Å². The molecule has 1 unspecified atom stereocenters. The van der Waals surface area contributed by atoms with Crippen molar-refractivity contribution in [2.75, 3.05) is 39.9 Å². The number of benzene rings is 1. The number of ether oxygens (including phenoxy) is 2. The van der Waals surface area contributed by atoms with Crippen molar-refractivity contribution in [2.24, 2.45) is 0 Å². The summed E-state index contributed by atoms with van der Waals surface area (Å²) in [7, 11) is 1.45. The van der Waals surface area contributed by atoms with Gasteiger partial charge in [0.25, 0.3) is 5.91 Å². The number of rotatable bonds is 4. The van der Waals surface area contributed by atoms with E-state index in [-0.39, 0.29) is 17.5 Å². The van der Waals surface area contributed by atoms with Crippen LogP contribution < -0.4 is 4.74 Å².